The van der Waals surface area contributed by atoms with Crippen molar-refractivity contribution in [2.45, 2.75) is 32.2 Å². The predicted octanol–water partition coefficient (Wildman–Crippen LogP) is 4.04. The van der Waals surface area contributed by atoms with Crippen LogP contribution in [0.5, 0.6) is 0 Å². The highest BCUT2D eigenvalue weighted by molar-refractivity contribution is 6.30. The van der Waals surface area contributed by atoms with Crippen LogP contribution < -0.4 is 5.32 Å². The lowest BCUT2D eigenvalue weighted by Gasteiger charge is -2.17. The van der Waals surface area contributed by atoms with Crippen LogP contribution >= 0.6 is 11.6 Å². The number of nitrogens with one attached hydrogen (secondary N) is 1. The van der Waals surface area contributed by atoms with Gasteiger partial charge in [0.15, 0.2) is 5.82 Å². The first kappa shape index (κ1) is 15.8. The smallest absolute Gasteiger partial charge is 0.321 e. The van der Waals surface area contributed by atoms with Gasteiger partial charge in [0, 0.05) is 24.7 Å². The van der Waals surface area contributed by atoms with Crippen molar-refractivity contribution in [1.82, 2.24) is 10.1 Å². The monoisotopic (exact) mass is 309 g/mol. The Kier molecular flexibility index (Phi) is 5.59. The predicted molar refractivity (Wildman–Crippen MR) is 82.7 cm³/mol. The fraction of sp³-hybridized carbons (Fsp3) is 0.467. The molecule has 1 aromatic carbocycles. The van der Waals surface area contributed by atoms with Gasteiger partial charge < -0.3 is 14.6 Å². The molecule has 5 nitrogen and oxygen atoms in total. The number of anilines is 1. The first-order chi connectivity index (χ1) is 10.1. The van der Waals surface area contributed by atoms with Crippen LogP contribution in [0, 0.1) is 0 Å². The Morgan fingerprint density at radius 3 is 2.57 bits per heavy atom. The molecule has 0 amide bonds. The molecule has 0 bridgehead atoms. The number of methoxy groups -OCH3 is 1. The van der Waals surface area contributed by atoms with Gasteiger partial charge in [0.25, 0.3) is 0 Å². The highest BCUT2D eigenvalue weighted by Gasteiger charge is 2.16. The average Bonchev–Trinajstić information content (AvgIpc) is 2.93. The van der Waals surface area contributed by atoms with Gasteiger partial charge in [0.2, 0.25) is 0 Å². The third kappa shape index (κ3) is 4.44. The van der Waals surface area contributed by atoms with Crippen molar-refractivity contribution in [3.8, 4) is 0 Å². The zero-order chi connectivity index (χ0) is 15.2. The Hall–Kier alpha value is -1.59. The summed E-state index contributed by atoms with van der Waals surface area (Å²) in [6, 6.07) is 8.15. The van der Waals surface area contributed by atoms with Crippen molar-refractivity contribution >= 4 is 17.6 Å². The Balaban J connectivity index is 2.13. The highest BCUT2D eigenvalue weighted by Crippen LogP contribution is 2.24. The molecular weight excluding hydrogens is 290 g/mol. The molecule has 0 spiro atoms. The normalized spacial score (nSPS) is 12.6. The number of benzene rings is 1. The van der Waals surface area contributed by atoms with E-state index in [2.05, 4.69) is 15.5 Å². The Morgan fingerprint density at radius 1 is 1.29 bits per heavy atom. The zero-order valence-corrected chi connectivity index (χ0v) is 13.2. The molecule has 2 aromatic rings. The van der Waals surface area contributed by atoms with Crippen molar-refractivity contribution in [3.63, 3.8) is 0 Å². The van der Waals surface area contributed by atoms with E-state index in [1.807, 2.05) is 38.1 Å². The second-order valence-electron chi connectivity index (χ2n) is 5.14. The molecule has 0 saturated heterocycles. The largest absolute Gasteiger partial charge is 0.385 e. The summed E-state index contributed by atoms with van der Waals surface area (Å²) >= 11 is 5.93. The quantitative estimate of drug-likeness (QED) is 0.836. The van der Waals surface area contributed by atoms with Crippen LogP contribution in [0.3, 0.4) is 0 Å². The van der Waals surface area contributed by atoms with Crippen LogP contribution in [0.2, 0.25) is 5.02 Å². The van der Waals surface area contributed by atoms with Crippen molar-refractivity contribution in [2.24, 2.45) is 0 Å². The summed E-state index contributed by atoms with van der Waals surface area (Å²) in [7, 11) is 1.68. The van der Waals surface area contributed by atoms with Crippen molar-refractivity contribution < 1.29 is 9.26 Å². The van der Waals surface area contributed by atoms with Crippen LogP contribution in [0.4, 0.5) is 6.01 Å². The Labute approximate surface area is 129 Å². The van der Waals surface area contributed by atoms with E-state index >= 15 is 0 Å². The van der Waals surface area contributed by atoms with Gasteiger partial charge in [0.05, 0.1) is 6.04 Å². The number of hydrogen-bond acceptors (Lipinski definition) is 5. The van der Waals surface area contributed by atoms with Gasteiger partial charge in [-0.25, -0.2) is 0 Å². The molecule has 0 saturated carbocycles. The fourth-order valence-electron chi connectivity index (χ4n) is 1.93. The topological polar surface area (TPSA) is 60.2 Å². The lowest BCUT2D eigenvalue weighted by Crippen LogP contribution is -2.13. The van der Waals surface area contributed by atoms with Crippen LogP contribution in [-0.2, 0) is 4.74 Å². The van der Waals surface area contributed by atoms with E-state index in [0.29, 0.717) is 23.5 Å². The molecule has 21 heavy (non-hydrogen) atoms. The van der Waals surface area contributed by atoms with Crippen molar-refractivity contribution in [2.75, 3.05) is 19.0 Å². The average molecular weight is 310 g/mol. The van der Waals surface area contributed by atoms with E-state index in [1.165, 1.54) is 0 Å². The number of nitrogens with zero attached hydrogens (tertiary/aromatic N) is 2. The van der Waals surface area contributed by atoms with Gasteiger partial charge in [-0.15, -0.1) is 0 Å². The van der Waals surface area contributed by atoms with E-state index in [1.54, 1.807) is 7.11 Å². The van der Waals surface area contributed by atoms with E-state index in [0.717, 1.165) is 12.0 Å². The Bertz CT molecular complexity index is 554. The third-order valence-corrected chi connectivity index (χ3v) is 3.39. The summed E-state index contributed by atoms with van der Waals surface area (Å²) < 4.78 is 10.4. The molecule has 2 rings (SSSR count). The maximum atomic E-state index is 5.93. The summed E-state index contributed by atoms with van der Waals surface area (Å²) in [5.74, 6) is 0.927. The van der Waals surface area contributed by atoms with E-state index in [9.17, 15) is 0 Å². The minimum Gasteiger partial charge on any atom is -0.385 e. The number of halogens is 1. The van der Waals surface area contributed by atoms with Crippen molar-refractivity contribution in [1.29, 1.82) is 0 Å². The SMILES string of the molecule is COCCC(Nc1nc(C(C)C)no1)c1ccc(Cl)cc1. The minimum absolute atomic E-state index is 0.0303. The lowest BCUT2D eigenvalue weighted by atomic mass is 10.0. The van der Waals surface area contributed by atoms with Crippen LogP contribution in [0.25, 0.3) is 0 Å². The number of ether oxygens (including phenoxy) is 1. The second kappa shape index (κ2) is 7.43. The van der Waals surface area contributed by atoms with E-state index < -0.39 is 0 Å². The fourth-order valence-corrected chi connectivity index (χ4v) is 2.06. The van der Waals surface area contributed by atoms with Gasteiger partial charge in [-0.1, -0.05) is 42.7 Å². The second-order valence-corrected chi connectivity index (χ2v) is 5.58. The zero-order valence-electron chi connectivity index (χ0n) is 12.5. The van der Waals surface area contributed by atoms with E-state index in [4.69, 9.17) is 20.9 Å². The molecule has 0 aliphatic carbocycles. The van der Waals surface area contributed by atoms with Gasteiger partial charge >= 0.3 is 6.01 Å². The first-order valence-corrected chi connectivity index (χ1v) is 7.32. The summed E-state index contributed by atoms with van der Waals surface area (Å²) in [5, 5.41) is 7.93. The summed E-state index contributed by atoms with van der Waals surface area (Å²) in [5.41, 5.74) is 1.10. The maximum absolute atomic E-state index is 5.93. The number of rotatable bonds is 7. The van der Waals surface area contributed by atoms with E-state index in [-0.39, 0.29) is 12.0 Å². The molecule has 6 heteroatoms. The Morgan fingerprint density at radius 2 is 2.00 bits per heavy atom. The van der Waals surface area contributed by atoms with Gasteiger partial charge in [0.1, 0.15) is 0 Å². The highest BCUT2D eigenvalue weighted by atomic mass is 35.5. The van der Waals surface area contributed by atoms with Gasteiger partial charge in [-0.05, 0) is 24.1 Å². The van der Waals surface area contributed by atoms with Gasteiger partial charge in [-0.2, -0.15) is 4.98 Å². The van der Waals surface area contributed by atoms with Crippen LogP contribution in [0.15, 0.2) is 28.8 Å². The minimum atomic E-state index is 0.0303. The molecule has 0 fully saturated rings. The lowest BCUT2D eigenvalue weighted by molar-refractivity contribution is 0.189. The van der Waals surface area contributed by atoms with Crippen LogP contribution in [0.1, 0.15) is 43.6 Å². The molecule has 0 aliphatic rings. The molecule has 114 valence electrons. The molecule has 1 aromatic heterocycles. The molecular formula is C15H20ClN3O2. The molecule has 1 atom stereocenters. The third-order valence-electron chi connectivity index (χ3n) is 3.14. The van der Waals surface area contributed by atoms with Gasteiger partial charge in [-0.3, -0.25) is 0 Å². The maximum Gasteiger partial charge on any atom is 0.321 e. The molecule has 0 radical (unpaired) electrons. The van der Waals surface area contributed by atoms with Crippen molar-refractivity contribution in [3.05, 3.63) is 40.7 Å². The molecule has 1 N–H and O–H groups in total. The molecule has 1 unspecified atom stereocenters. The number of aromatic nitrogens is 2. The summed E-state index contributed by atoms with van der Waals surface area (Å²) in [6.45, 7) is 4.68. The summed E-state index contributed by atoms with van der Waals surface area (Å²) in [6.07, 6.45) is 0.789. The molecule has 1 heterocycles. The standard InChI is InChI=1S/C15H20ClN3O2/c1-10(2)14-18-15(21-19-14)17-13(8-9-20-3)11-4-6-12(16)7-5-11/h4-7,10,13H,8-9H2,1-3H3,(H,17,18,19). The molecule has 0 aliphatic heterocycles. The first-order valence-electron chi connectivity index (χ1n) is 6.94. The number of hydrogen-bond donors (Lipinski definition) is 1. The van der Waals surface area contributed by atoms with Crippen LogP contribution in [-0.4, -0.2) is 23.9 Å². The summed E-state index contributed by atoms with van der Waals surface area (Å²) in [4.78, 5) is 4.34.